The molecule has 36 heavy (non-hydrogen) atoms. The van der Waals surface area contributed by atoms with Gasteiger partial charge < -0.3 is 4.74 Å². The van der Waals surface area contributed by atoms with Gasteiger partial charge in [0.15, 0.2) is 0 Å². The number of imide groups is 2. The normalized spacial score (nSPS) is 14.9. The molecule has 5 rings (SSSR count). The van der Waals surface area contributed by atoms with Crippen LogP contribution in [0, 0.1) is 13.8 Å². The number of hydrogen-bond donors (Lipinski definition) is 1. The number of rotatable bonds is 5. The van der Waals surface area contributed by atoms with Crippen molar-refractivity contribution in [1.29, 1.82) is 0 Å². The number of carbonyl (C=O) groups is 3. The predicted molar refractivity (Wildman–Crippen MR) is 140 cm³/mol. The van der Waals surface area contributed by atoms with Crippen molar-refractivity contribution in [3.63, 3.8) is 0 Å². The molecule has 4 aromatic rings. The maximum Gasteiger partial charge on any atom is 0.335 e. The Hall–Kier alpha value is -4.71. The number of nitrogens with zero attached hydrogens (tertiary/aromatic N) is 1. The van der Waals surface area contributed by atoms with Gasteiger partial charge in [-0.05, 0) is 54.0 Å². The molecule has 0 spiro atoms. The fourth-order valence-corrected chi connectivity index (χ4v) is 4.23. The Morgan fingerprint density at radius 1 is 0.833 bits per heavy atom. The van der Waals surface area contributed by atoms with E-state index >= 15 is 0 Å². The Morgan fingerprint density at radius 2 is 1.56 bits per heavy atom. The number of barbiturate groups is 1. The van der Waals surface area contributed by atoms with Crippen LogP contribution in [0.5, 0.6) is 5.75 Å². The average molecular weight is 477 g/mol. The number of fused-ring (bicyclic) bond motifs is 1. The largest absolute Gasteiger partial charge is 0.488 e. The first-order chi connectivity index (χ1) is 17.4. The third-order valence-electron chi connectivity index (χ3n) is 6.19. The number of benzene rings is 4. The Balaban J connectivity index is 1.59. The highest BCUT2D eigenvalue weighted by molar-refractivity contribution is 6.39. The molecule has 1 fully saturated rings. The summed E-state index contributed by atoms with van der Waals surface area (Å²) in [7, 11) is 0. The van der Waals surface area contributed by atoms with Crippen LogP contribution in [-0.4, -0.2) is 17.8 Å². The van der Waals surface area contributed by atoms with E-state index < -0.39 is 17.8 Å². The maximum atomic E-state index is 13.5. The third-order valence-corrected chi connectivity index (χ3v) is 6.19. The van der Waals surface area contributed by atoms with E-state index in [1.54, 1.807) is 25.1 Å². The van der Waals surface area contributed by atoms with Gasteiger partial charge in [-0.2, -0.15) is 0 Å². The lowest BCUT2D eigenvalue weighted by molar-refractivity contribution is -0.122. The van der Waals surface area contributed by atoms with Crippen LogP contribution in [0.1, 0.15) is 22.3 Å². The zero-order chi connectivity index (χ0) is 25.2. The Bertz CT molecular complexity index is 1540. The minimum absolute atomic E-state index is 0.144. The summed E-state index contributed by atoms with van der Waals surface area (Å²) >= 11 is 0. The van der Waals surface area contributed by atoms with Gasteiger partial charge in [-0.15, -0.1) is 0 Å². The molecule has 4 aromatic carbocycles. The van der Waals surface area contributed by atoms with Gasteiger partial charge >= 0.3 is 6.03 Å². The van der Waals surface area contributed by atoms with Crippen molar-refractivity contribution in [3.05, 3.63) is 113 Å². The number of para-hydroxylation sites is 1. The van der Waals surface area contributed by atoms with E-state index in [1.807, 2.05) is 73.7 Å². The number of hydrogen-bond acceptors (Lipinski definition) is 4. The molecule has 4 amide bonds. The van der Waals surface area contributed by atoms with E-state index in [2.05, 4.69) is 5.32 Å². The Kier molecular flexibility index (Phi) is 6.09. The third kappa shape index (κ3) is 4.36. The number of aryl methyl sites for hydroxylation is 2. The second-order valence-corrected chi connectivity index (χ2v) is 8.72. The van der Waals surface area contributed by atoms with Gasteiger partial charge in [0.2, 0.25) is 0 Å². The molecular weight excluding hydrogens is 452 g/mol. The first-order valence-corrected chi connectivity index (χ1v) is 11.6. The van der Waals surface area contributed by atoms with Crippen molar-refractivity contribution in [1.82, 2.24) is 5.32 Å². The van der Waals surface area contributed by atoms with Gasteiger partial charge in [-0.3, -0.25) is 14.9 Å². The van der Waals surface area contributed by atoms with E-state index in [1.165, 1.54) is 6.08 Å². The van der Waals surface area contributed by atoms with E-state index in [4.69, 9.17) is 4.74 Å². The molecule has 1 aliphatic rings. The van der Waals surface area contributed by atoms with E-state index in [9.17, 15) is 14.4 Å². The van der Waals surface area contributed by atoms with Crippen LogP contribution < -0.4 is 15.0 Å². The first-order valence-electron chi connectivity index (χ1n) is 11.6. The molecule has 0 radical (unpaired) electrons. The van der Waals surface area contributed by atoms with Crippen molar-refractivity contribution in [2.24, 2.45) is 0 Å². The van der Waals surface area contributed by atoms with Gasteiger partial charge in [0.05, 0.1) is 5.69 Å². The fourth-order valence-electron chi connectivity index (χ4n) is 4.23. The van der Waals surface area contributed by atoms with Crippen molar-refractivity contribution in [3.8, 4) is 5.75 Å². The zero-order valence-corrected chi connectivity index (χ0v) is 19.9. The number of nitrogens with one attached hydrogen (secondary N) is 1. The summed E-state index contributed by atoms with van der Waals surface area (Å²) in [6, 6.07) is 25.7. The second kappa shape index (κ2) is 9.50. The summed E-state index contributed by atoms with van der Waals surface area (Å²) in [6.07, 6.45) is 1.52. The minimum Gasteiger partial charge on any atom is -0.488 e. The molecule has 178 valence electrons. The van der Waals surface area contributed by atoms with Crippen LogP contribution in [-0.2, 0) is 16.2 Å². The fraction of sp³-hybridized carbons (Fsp3) is 0.100. The molecule has 1 aliphatic heterocycles. The summed E-state index contributed by atoms with van der Waals surface area (Å²) in [5.74, 6) is -0.899. The molecule has 1 N–H and O–H groups in total. The second-order valence-electron chi connectivity index (χ2n) is 8.72. The molecular formula is C30H24N2O4. The maximum absolute atomic E-state index is 13.5. The van der Waals surface area contributed by atoms with Gasteiger partial charge in [0.25, 0.3) is 11.8 Å². The van der Waals surface area contributed by atoms with Crippen LogP contribution in [0.3, 0.4) is 0 Å². The van der Waals surface area contributed by atoms with Gasteiger partial charge in [-0.1, -0.05) is 78.4 Å². The van der Waals surface area contributed by atoms with Crippen molar-refractivity contribution in [2.75, 3.05) is 4.90 Å². The lowest BCUT2D eigenvalue weighted by Gasteiger charge is -2.27. The molecule has 0 atom stereocenters. The number of carbonyl (C=O) groups excluding carboxylic acids is 3. The van der Waals surface area contributed by atoms with Crippen molar-refractivity contribution in [2.45, 2.75) is 20.5 Å². The average Bonchev–Trinajstić information content (AvgIpc) is 2.87. The molecule has 1 heterocycles. The minimum atomic E-state index is -0.773. The molecule has 6 heteroatoms. The highest BCUT2D eigenvalue weighted by Crippen LogP contribution is 2.32. The highest BCUT2D eigenvalue weighted by Gasteiger charge is 2.37. The molecule has 0 aliphatic carbocycles. The van der Waals surface area contributed by atoms with Crippen LogP contribution in [0.25, 0.3) is 16.8 Å². The summed E-state index contributed by atoms with van der Waals surface area (Å²) < 4.78 is 6.17. The molecule has 0 unspecified atom stereocenters. The zero-order valence-electron chi connectivity index (χ0n) is 19.9. The van der Waals surface area contributed by atoms with E-state index in [0.717, 1.165) is 32.4 Å². The number of anilines is 1. The standard InChI is InChI=1S/C30H24N2O4/c1-19-11-13-21(14-12-19)18-36-27-16-15-22-8-4-5-9-23(22)24(27)17-25-28(33)31-30(35)32(29(25)34)26-10-6-3-7-20(26)2/h3-17H,18H2,1-2H3,(H,31,33,35)/b25-17+. The summed E-state index contributed by atoms with van der Waals surface area (Å²) in [5, 5.41) is 4.06. The molecule has 6 nitrogen and oxygen atoms in total. The lowest BCUT2D eigenvalue weighted by Crippen LogP contribution is -2.54. The smallest absolute Gasteiger partial charge is 0.335 e. The van der Waals surface area contributed by atoms with E-state index in [-0.39, 0.29) is 5.57 Å². The van der Waals surface area contributed by atoms with Crippen molar-refractivity contribution >= 4 is 40.4 Å². The Morgan fingerprint density at radius 3 is 2.33 bits per heavy atom. The van der Waals surface area contributed by atoms with Gasteiger partial charge in [0.1, 0.15) is 17.9 Å². The lowest BCUT2D eigenvalue weighted by atomic mass is 9.99. The molecule has 0 aromatic heterocycles. The SMILES string of the molecule is Cc1ccc(COc2ccc3ccccc3c2/C=C2\C(=O)NC(=O)N(c3ccccc3C)C2=O)cc1. The monoisotopic (exact) mass is 476 g/mol. The predicted octanol–water partition coefficient (Wildman–Crippen LogP) is 5.70. The summed E-state index contributed by atoms with van der Waals surface area (Å²) in [5.41, 5.74) is 3.76. The highest BCUT2D eigenvalue weighted by atomic mass is 16.5. The van der Waals surface area contributed by atoms with Gasteiger partial charge in [0, 0.05) is 5.56 Å². The number of amides is 4. The molecule has 0 bridgehead atoms. The summed E-state index contributed by atoms with van der Waals surface area (Å²) in [4.78, 5) is 40.0. The molecule has 0 saturated carbocycles. The summed E-state index contributed by atoms with van der Waals surface area (Å²) in [6.45, 7) is 4.15. The van der Waals surface area contributed by atoms with Gasteiger partial charge in [-0.25, -0.2) is 9.69 Å². The van der Waals surface area contributed by atoms with Crippen LogP contribution in [0.2, 0.25) is 0 Å². The quantitative estimate of drug-likeness (QED) is 0.296. The number of urea groups is 1. The van der Waals surface area contributed by atoms with Crippen LogP contribution >= 0.6 is 0 Å². The van der Waals surface area contributed by atoms with Crippen molar-refractivity contribution < 1.29 is 19.1 Å². The number of ether oxygens (including phenoxy) is 1. The topological polar surface area (TPSA) is 75.7 Å². The first kappa shape index (κ1) is 23.1. The van der Waals surface area contributed by atoms with Crippen LogP contribution in [0.4, 0.5) is 10.5 Å². The van der Waals surface area contributed by atoms with E-state index in [0.29, 0.717) is 23.6 Å². The molecule has 1 saturated heterocycles. The van der Waals surface area contributed by atoms with Crippen LogP contribution in [0.15, 0.2) is 90.5 Å². The Labute approximate surface area is 208 Å².